The zero-order valence-corrected chi connectivity index (χ0v) is 26.3. The van der Waals surface area contributed by atoms with E-state index < -0.39 is 0 Å². The lowest BCUT2D eigenvalue weighted by Crippen LogP contribution is -2.15. The Morgan fingerprint density at radius 2 is 1.59 bits per heavy atom. The number of carbonyl (C=O) groups excluding carboxylic acids is 1. The molecule has 0 saturated heterocycles. The molecular weight excluding hydrogens is 684 g/mol. The molecule has 0 radical (unpaired) electrons. The standard InChI is InChI=1S/C27H25Br3N4O2S/c1-27(2,3)17-7-5-16(6-8-17)25-32-33-26(34(25)19-9-11-20(36-4)12-10-19)37-15-23(35)31-24-21(29)13-18(28)14-22(24)30/h5-14H,15H2,1-4H3,(H,31,35). The summed E-state index contributed by atoms with van der Waals surface area (Å²) in [6.07, 6.45) is 0. The van der Waals surface area contributed by atoms with Gasteiger partial charge in [-0.1, -0.05) is 72.7 Å². The first-order valence-corrected chi connectivity index (χ1v) is 14.7. The van der Waals surface area contributed by atoms with Gasteiger partial charge in [0.2, 0.25) is 5.91 Å². The van der Waals surface area contributed by atoms with E-state index in [4.69, 9.17) is 4.74 Å². The number of hydrogen-bond donors (Lipinski definition) is 1. The van der Waals surface area contributed by atoms with Gasteiger partial charge in [-0.2, -0.15) is 0 Å². The van der Waals surface area contributed by atoms with Gasteiger partial charge in [0.05, 0.1) is 18.6 Å². The number of methoxy groups -OCH3 is 1. The SMILES string of the molecule is COc1ccc(-n2c(SCC(=O)Nc3c(Br)cc(Br)cc3Br)nnc2-c2ccc(C(C)(C)C)cc2)cc1. The molecule has 0 aliphatic rings. The van der Waals surface area contributed by atoms with E-state index in [1.807, 2.05) is 41.0 Å². The molecule has 0 aliphatic heterocycles. The average Bonchev–Trinajstić information content (AvgIpc) is 3.28. The Hall–Kier alpha value is -2.14. The van der Waals surface area contributed by atoms with Crippen LogP contribution >= 0.6 is 59.6 Å². The highest BCUT2D eigenvalue weighted by molar-refractivity contribution is 9.11. The highest BCUT2D eigenvalue weighted by atomic mass is 79.9. The van der Waals surface area contributed by atoms with Gasteiger partial charge in [-0.15, -0.1) is 10.2 Å². The number of aromatic nitrogens is 3. The first kappa shape index (κ1) is 27.9. The smallest absolute Gasteiger partial charge is 0.234 e. The molecule has 4 rings (SSSR count). The maximum absolute atomic E-state index is 12.9. The van der Waals surface area contributed by atoms with Crippen LogP contribution in [0.25, 0.3) is 17.1 Å². The molecule has 0 atom stereocenters. The summed E-state index contributed by atoms with van der Waals surface area (Å²) in [5, 5.41) is 12.5. The fraction of sp³-hybridized carbons (Fsp3) is 0.222. The van der Waals surface area contributed by atoms with E-state index in [-0.39, 0.29) is 17.1 Å². The number of halogens is 3. The predicted octanol–water partition coefficient (Wildman–Crippen LogP) is 8.26. The third-order valence-electron chi connectivity index (χ3n) is 5.58. The first-order chi connectivity index (χ1) is 17.6. The van der Waals surface area contributed by atoms with Gasteiger partial charge in [0, 0.05) is 24.7 Å². The van der Waals surface area contributed by atoms with Crippen molar-refractivity contribution in [3.8, 4) is 22.8 Å². The van der Waals surface area contributed by atoms with Crippen molar-refractivity contribution in [3.63, 3.8) is 0 Å². The molecule has 10 heteroatoms. The molecule has 4 aromatic rings. The van der Waals surface area contributed by atoms with Crippen molar-refractivity contribution in [2.45, 2.75) is 31.3 Å². The summed E-state index contributed by atoms with van der Waals surface area (Å²) in [4.78, 5) is 12.9. The molecule has 0 saturated carbocycles. The molecule has 6 nitrogen and oxygen atoms in total. The summed E-state index contributed by atoms with van der Waals surface area (Å²) in [6, 6.07) is 19.8. The second-order valence-corrected chi connectivity index (χ2v) is 12.8. The topological polar surface area (TPSA) is 69.0 Å². The van der Waals surface area contributed by atoms with Crippen molar-refractivity contribution in [2.75, 3.05) is 18.2 Å². The van der Waals surface area contributed by atoms with E-state index in [0.29, 0.717) is 16.7 Å². The van der Waals surface area contributed by atoms with Crippen LogP contribution in [0.3, 0.4) is 0 Å². The van der Waals surface area contributed by atoms with Gasteiger partial charge in [0.1, 0.15) is 5.75 Å². The van der Waals surface area contributed by atoms with E-state index in [9.17, 15) is 4.79 Å². The minimum atomic E-state index is -0.158. The van der Waals surface area contributed by atoms with Crippen LogP contribution in [0.1, 0.15) is 26.3 Å². The van der Waals surface area contributed by atoms with E-state index in [1.54, 1.807) is 7.11 Å². The van der Waals surface area contributed by atoms with Gasteiger partial charge < -0.3 is 10.1 Å². The van der Waals surface area contributed by atoms with Crippen LogP contribution in [-0.2, 0) is 10.2 Å². The van der Waals surface area contributed by atoms with Crippen LogP contribution in [0.4, 0.5) is 5.69 Å². The Morgan fingerprint density at radius 3 is 2.16 bits per heavy atom. The Kier molecular flexibility index (Phi) is 8.83. The third kappa shape index (κ3) is 6.66. The van der Waals surface area contributed by atoms with Crippen molar-refractivity contribution in [1.82, 2.24) is 14.8 Å². The number of anilines is 1. The summed E-state index contributed by atoms with van der Waals surface area (Å²) < 4.78 is 9.74. The van der Waals surface area contributed by atoms with E-state index in [0.717, 1.165) is 30.4 Å². The zero-order valence-electron chi connectivity index (χ0n) is 20.7. The van der Waals surface area contributed by atoms with E-state index in [1.165, 1.54) is 17.3 Å². The lowest BCUT2D eigenvalue weighted by atomic mass is 9.87. The van der Waals surface area contributed by atoms with Gasteiger partial charge in [0.15, 0.2) is 11.0 Å². The second kappa shape index (κ2) is 11.7. The van der Waals surface area contributed by atoms with Gasteiger partial charge in [-0.05, 0) is 79.2 Å². The Balaban J connectivity index is 1.63. The van der Waals surface area contributed by atoms with E-state index >= 15 is 0 Å². The number of ether oxygens (including phenoxy) is 1. The molecular formula is C27H25Br3N4O2S. The maximum Gasteiger partial charge on any atom is 0.234 e. The second-order valence-electron chi connectivity index (χ2n) is 9.25. The fourth-order valence-corrected chi connectivity index (χ4v) is 6.81. The molecule has 0 fully saturated rings. The van der Waals surface area contributed by atoms with Crippen LogP contribution in [0.2, 0.25) is 0 Å². The van der Waals surface area contributed by atoms with Crippen LogP contribution in [0, 0.1) is 0 Å². The molecule has 37 heavy (non-hydrogen) atoms. The van der Waals surface area contributed by atoms with Gasteiger partial charge >= 0.3 is 0 Å². The molecule has 192 valence electrons. The van der Waals surface area contributed by atoms with Crippen molar-refractivity contribution >= 4 is 71.1 Å². The minimum absolute atomic E-state index is 0.0510. The van der Waals surface area contributed by atoms with Crippen molar-refractivity contribution in [1.29, 1.82) is 0 Å². The predicted molar refractivity (Wildman–Crippen MR) is 161 cm³/mol. The Morgan fingerprint density at radius 1 is 0.973 bits per heavy atom. The highest BCUT2D eigenvalue weighted by Gasteiger charge is 2.20. The van der Waals surface area contributed by atoms with Crippen molar-refractivity contribution < 1.29 is 9.53 Å². The van der Waals surface area contributed by atoms with Crippen LogP contribution in [0.15, 0.2) is 79.2 Å². The van der Waals surface area contributed by atoms with E-state index in [2.05, 4.69) is 108 Å². The monoisotopic (exact) mass is 706 g/mol. The zero-order chi connectivity index (χ0) is 26.7. The Labute approximate surface area is 246 Å². The minimum Gasteiger partial charge on any atom is -0.497 e. The first-order valence-electron chi connectivity index (χ1n) is 11.3. The van der Waals surface area contributed by atoms with Crippen LogP contribution < -0.4 is 10.1 Å². The summed E-state index contributed by atoms with van der Waals surface area (Å²) in [7, 11) is 1.64. The van der Waals surface area contributed by atoms with Gasteiger partial charge in [-0.25, -0.2) is 0 Å². The van der Waals surface area contributed by atoms with Crippen LogP contribution in [0.5, 0.6) is 5.75 Å². The molecule has 1 amide bonds. The number of thioether (sulfide) groups is 1. The molecule has 1 aromatic heterocycles. The normalized spacial score (nSPS) is 11.4. The number of rotatable bonds is 7. The van der Waals surface area contributed by atoms with Crippen molar-refractivity contribution in [3.05, 3.63) is 79.6 Å². The summed E-state index contributed by atoms with van der Waals surface area (Å²) >= 11 is 11.8. The molecule has 1 N–H and O–H groups in total. The number of benzene rings is 3. The summed E-state index contributed by atoms with van der Waals surface area (Å²) in [5.74, 6) is 1.46. The van der Waals surface area contributed by atoms with Crippen LogP contribution in [-0.4, -0.2) is 33.5 Å². The quantitative estimate of drug-likeness (QED) is 0.196. The fourth-order valence-electron chi connectivity index (χ4n) is 3.60. The largest absolute Gasteiger partial charge is 0.497 e. The molecule has 3 aromatic carbocycles. The summed E-state index contributed by atoms with van der Waals surface area (Å²) in [5.41, 5.74) is 3.78. The van der Waals surface area contributed by atoms with Crippen molar-refractivity contribution in [2.24, 2.45) is 0 Å². The number of nitrogens with zero attached hydrogens (tertiary/aromatic N) is 3. The number of carbonyl (C=O) groups is 1. The molecule has 0 spiro atoms. The molecule has 0 bridgehead atoms. The average molecular weight is 709 g/mol. The summed E-state index contributed by atoms with van der Waals surface area (Å²) in [6.45, 7) is 6.56. The maximum atomic E-state index is 12.9. The Bertz CT molecular complexity index is 1390. The third-order valence-corrected chi connectivity index (χ3v) is 8.21. The molecule has 0 aliphatic carbocycles. The van der Waals surface area contributed by atoms with Gasteiger partial charge in [0.25, 0.3) is 0 Å². The number of amides is 1. The van der Waals surface area contributed by atoms with Gasteiger partial charge in [-0.3, -0.25) is 9.36 Å². The lowest BCUT2D eigenvalue weighted by molar-refractivity contribution is -0.113. The number of hydrogen-bond acceptors (Lipinski definition) is 5. The number of nitrogens with one attached hydrogen (secondary N) is 1. The highest BCUT2D eigenvalue weighted by Crippen LogP contribution is 2.35. The lowest BCUT2D eigenvalue weighted by Gasteiger charge is -2.19. The molecule has 0 unspecified atom stereocenters. The molecule has 1 heterocycles.